The van der Waals surface area contributed by atoms with Gasteiger partial charge in [0.2, 0.25) is 53.2 Å². The molecular formula is C36H56N12O11S3. The van der Waals surface area contributed by atoms with Crippen LogP contribution in [0.5, 0.6) is 0 Å². The zero-order valence-corrected chi connectivity index (χ0v) is 36.2. The average Bonchev–Trinajstić information content (AvgIpc) is 3.66. The van der Waals surface area contributed by atoms with Crippen molar-refractivity contribution in [3.05, 3.63) is 36.0 Å². The van der Waals surface area contributed by atoms with Gasteiger partial charge in [-0.15, -0.1) is 0 Å². The summed E-state index contributed by atoms with van der Waals surface area (Å²) in [4.78, 5) is 119. The second kappa shape index (κ2) is 27.0. The number of aliphatic hydroxyl groups excluding tert-OH is 2. The summed E-state index contributed by atoms with van der Waals surface area (Å²) in [5, 5.41) is 37.1. The Morgan fingerprint density at radius 3 is 1.55 bits per heavy atom. The first-order valence-electron chi connectivity index (χ1n) is 19.2. The Labute approximate surface area is 372 Å². The Morgan fingerprint density at radius 2 is 1.05 bits per heavy atom. The van der Waals surface area contributed by atoms with Crippen LogP contribution in [0.1, 0.15) is 31.2 Å². The van der Waals surface area contributed by atoms with Crippen LogP contribution in [0.25, 0.3) is 10.9 Å². The monoisotopic (exact) mass is 928 g/mol. The minimum Gasteiger partial charge on any atom is -0.394 e. The number of aromatic amines is 1. The largest absolute Gasteiger partial charge is 0.394 e. The molecule has 1 heterocycles. The molecule has 0 spiro atoms. The zero-order valence-electron chi connectivity index (χ0n) is 33.5. The predicted octanol–water partition coefficient (Wildman–Crippen LogP) is -6.31. The van der Waals surface area contributed by atoms with Crippen LogP contribution >= 0.6 is 37.9 Å². The maximum absolute atomic E-state index is 13.5. The van der Waals surface area contributed by atoms with E-state index < -0.39 is 127 Å². The number of nitrogens with two attached hydrogens (primary N) is 4. The molecule has 0 fully saturated rings. The molecule has 0 saturated heterocycles. The Balaban J connectivity index is 2.13. The SMILES string of the molecule is NCCCC[C@H](NC(=O)[C@H](CO)NC(=O)[C@H](CO)NC(=O)[C@H](CS)NC(=O)[C@H](CC(N)=O)NC(=O)[C@H](CS)NC(=O)[C@@H](N)CS)C(=O)N[C@@H](Cc1c[nH]c2ccccc12)C(N)=O. The number of benzene rings is 1. The Bertz CT molecular complexity index is 1890. The lowest BCUT2D eigenvalue weighted by atomic mass is 10.0. The molecule has 0 aliphatic carbocycles. The summed E-state index contributed by atoms with van der Waals surface area (Å²) >= 11 is 12.0. The van der Waals surface area contributed by atoms with Gasteiger partial charge in [-0.25, -0.2) is 0 Å². The molecule has 26 heteroatoms. The molecule has 1 aromatic carbocycles. The number of fused-ring (bicyclic) bond motifs is 1. The Morgan fingerprint density at radius 1 is 0.597 bits per heavy atom. The maximum Gasteiger partial charge on any atom is 0.245 e. The number of carbonyl (C=O) groups excluding carboxylic acids is 9. The number of amides is 9. The molecule has 0 unspecified atom stereocenters. The lowest BCUT2D eigenvalue weighted by Crippen LogP contribution is -2.61. The quantitative estimate of drug-likeness (QED) is 0.0279. The van der Waals surface area contributed by atoms with Crippen molar-refractivity contribution in [3.8, 4) is 0 Å². The van der Waals surface area contributed by atoms with Gasteiger partial charge in [0.05, 0.1) is 25.7 Å². The van der Waals surface area contributed by atoms with Crippen LogP contribution < -0.4 is 60.2 Å². The van der Waals surface area contributed by atoms with Crippen LogP contribution in [0, 0.1) is 0 Å². The van der Waals surface area contributed by atoms with Gasteiger partial charge >= 0.3 is 0 Å². The highest BCUT2D eigenvalue weighted by Gasteiger charge is 2.34. The normalized spacial score (nSPS) is 15.0. The van der Waals surface area contributed by atoms with E-state index in [-0.39, 0.29) is 30.9 Å². The third kappa shape index (κ3) is 16.6. The number of nitrogens with one attached hydrogen (secondary N) is 8. The Hall–Kier alpha value is -5.12. The highest BCUT2D eigenvalue weighted by Crippen LogP contribution is 2.19. The fourth-order valence-electron chi connectivity index (χ4n) is 5.69. The fourth-order valence-corrected chi connectivity index (χ4v) is 6.37. The van der Waals surface area contributed by atoms with Crippen molar-refractivity contribution < 1.29 is 53.4 Å². The number of hydrogen-bond donors (Lipinski definition) is 17. The highest BCUT2D eigenvalue weighted by atomic mass is 32.1. The van der Waals surface area contributed by atoms with Gasteiger partial charge in [-0.3, -0.25) is 43.2 Å². The number of carbonyl (C=O) groups is 9. The number of aliphatic hydroxyl groups is 2. The third-order valence-corrected chi connectivity index (χ3v) is 10.3. The van der Waals surface area contributed by atoms with Crippen molar-refractivity contribution in [2.45, 2.75) is 80.4 Å². The molecule has 23 nitrogen and oxygen atoms in total. The molecule has 18 N–H and O–H groups in total. The molecule has 8 atom stereocenters. The molecule has 0 aliphatic rings. The molecule has 2 aromatic rings. The first kappa shape index (κ1) is 53.0. The van der Waals surface area contributed by atoms with Crippen LogP contribution in [0.2, 0.25) is 0 Å². The molecule has 2 rings (SSSR count). The molecule has 0 bridgehead atoms. The molecule has 0 saturated carbocycles. The fraction of sp³-hybridized carbons (Fsp3) is 0.528. The standard InChI is InChI=1S/C36H56N12O11S3/c37-8-4-3-7-21(31(54)43-22(29(40)52)9-17-11-41-20-6-2-1-5-18(17)20)42-33(56)24(12-49)45-34(57)25(13-50)46-36(59)27(16-62)48-32(55)23(10-28(39)51)44-35(58)26(15-61)47-30(53)19(38)14-60/h1-2,5-6,11,19,21-27,41,49-50,60-62H,3-4,7-10,12-16,37-38H2,(H2,39,51)(H2,40,52)(H,42,56)(H,43,54)(H,44,58)(H,45,57)(H,46,59)(H,47,53)(H,48,55)/t19-,21-,22-,23-,24-,25-,26-,27-/m0/s1. The van der Waals surface area contributed by atoms with E-state index in [1.165, 1.54) is 0 Å². The van der Waals surface area contributed by atoms with E-state index >= 15 is 0 Å². The number of thiol groups is 3. The van der Waals surface area contributed by atoms with Crippen molar-refractivity contribution in [2.75, 3.05) is 37.0 Å². The molecule has 344 valence electrons. The molecule has 1 aromatic heterocycles. The lowest BCUT2D eigenvalue weighted by Gasteiger charge is -2.26. The smallest absolute Gasteiger partial charge is 0.245 e. The van der Waals surface area contributed by atoms with Gasteiger partial charge < -0.3 is 75.3 Å². The van der Waals surface area contributed by atoms with E-state index in [1.807, 2.05) is 18.2 Å². The predicted molar refractivity (Wildman–Crippen MR) is 235 cm³/mol. The number of hydrogen-bond acceptors (Lipinski definition) is 16. The number of primary amides is 2. The summed E-state index contributed by atoms with van der Waals surface area (Å²) in [6, 6.07) is -4.32. The van der Waals surface area contributed by atoms with Crippen molar-refractivity contribution in [2.24, 2.45) is 22.9 Å². The van der Waals surface area contributed by atoms with E-state index in [0.29, 0.717) is 18.4 Å². The minimum absolute atomic E-state index is 0.0192. The summed E-state index contributed by atoms with van der Waals surface area (Å²) in [6.07, 6.45) is 1.80. The van der Waals surface area contributed by atoms with E-state index in [9.17, 15) is 53.4 Å². The van der Waals surface area contributed by atoms with Crippen molar-refractivity contribution in [3.63, 3.8) is 0 Å². The number of H-pyrrole nitrogens is 1. The second-order valence-electron chi connectivity index (χ2n) is 13.9. The zero-order chi connectivity index (χ0) is 46.5. The van der Waals surface area contributed by atoms with E-state index in [4.69, 9.17) is 22.9 Å². The van der Waals surface area contributed by atoms with Gasteiger partial charge in [0.1, 0.15) is 42.3 Å². The number of rotatable bonds is 28. The molecular weight excluding hydrogens is 873 g/mol. The average molecular weight is 929 g/mol. The second-order valence-corrected chi connectivity index (χ2v) is 15.0. The van der Waals surface area contributed by atoms with Crippen LogP contribution in [0.15, 0.2) is 30.5 Å². The van der Waals surface area contributed by atoms with Crippen LogP contribution in [-0.2, 0) is 49.6 Å². The molecule has 0 radical (unpaired) electrons. The number of unbranched alkanes of at least 4 members (excludes halogenated alkanes) is 1. The van der Waals surface area contributed by atoms with Crippen LogP contribution in [-0.4, -0.2) is 154 Å². The van der Waals surface area contributed by atoms with Gasteiger partial charge in [-0.1, -0.05) is 18.2 Å². The van der Waals surface area contributed by atoms with Crippen molar-refractivity contribution >= 4 is 102 Å². The summed E-state index contributed by atoms with van der Waals surface area (Å²) in [7, 11) is 0. The highest BCUT2D eigenvalue weighted by molar-refractivity contribution is 7.80. The van der Waals surface area contributed by atoms with Gasteiger partial charge in [0.25, 0.3) is 0 Å². The lowest BCUT2D eigenvalue weighted by molar-refractivity contribution is -0.136. The van der Waals surface area contributed by atoms with Crippen LogP contribution in [0.4, 0.5) is 0 Å². The van der Waals surface area contributed by atoms with Crippen molar-refractivity contribution in [1.29, 1.82) is 0 Å². The Kier molecular flexibility index (Phi) is 23.1. The maximum atomic E-state index is 13.5. The summed E-state index contributed by atoms with van der Waals surface area (Å²) in [5.41, 5.74) is 23.6. The van der Waals surface area contributed by atoms with E-state index in [0.717, 1.165) is 10.9 Å². The van der Waals surface area contributed by atoms with Gasteiger partial charge in [-0.2, -0.15) is 37.9 Å². The van der Waals surface area contributed by atoms with Gasteiger partial charge in [0, 0.05) is 40.8 Å². The third-order valence-electron chi connectivity index (χ3n) is 9.17. The van der Waals surface area contributed by atoms with Crippen molar-refractivity contribution in [1.82, 2.24) is 42.2 Å². The molecule has 9 amide bonds. The summed E-state index contributed by atoms with van der Waals surface area (Å²) in [5.74, 6) is -9.49. The summed E-state index contributed by atoms with van der Waals surface area (Å²) < 4.78 is 0. The molecule has 0 aliphatic heterocycles. The first-order valence-corrected chi connectivity index (χ1v) is 21.1. The topological polar surface area (TPSA) is 398 Å². The molecule has 62 heavy (non-hydrogen) atoms. The number of para-hydroxylation sites is 1. The number of aromatic nitrogens is 1. The first-order chi connectivity index (χ1) is 29.4. The van der Waals surface area contributed by atoms with Crippen LogP contribution in [0.3, 0.4) is 0 Å². The minimum atomic E-state index is -1.78. The van der Waals surface area contributed by atoms with E-state index in [1.54, 1.807) is 12.3 Å². The van der Waals surface area contributed by atoms with Gasteiger partial charge in [0.15, 0.2) is 0 Å². The summed E-state index contributed by atoms with van der Waals surface area (Å²) in [6.45, 7) is -1.79. The van der Waals surface area contributed by atoms with E-state index in [2.05, 4.69) is 80.1 Å². The van der Waals surface area contributed by atoms with Gasteiger partial charge in [-0.05, 0) is 37.4 Å².